The smallest absolute Gasteiger partial charge is 0.246 e. The Morgan fingerprint density at radius 2 is 1.88 bits per heavy atom. The molecule has 0 aliphatic carbocycles. The summed E-state index contributed by atoms with van der Waals surface area (Å²) < 4.78 is 5.25. The molecule has 0 unspecified atom stereocenters. The molecule has 0 saturated heterocycles. The number of nitrogens with one attached hydrogen (secondary N) is 1. The van der Waals surface area contributed by atoms with Crippen molar-refractivity contribution in [2.24, 2.45) is 0 Å². The van der Waals surface area contributed by atoms with Crippen LogP contribution in [0.5, 0.6) is 0 Å². The summed E-state index contributed by atoms with van der Waals surface area (Å²) in [7, 11) is 1.87. The van der Waals surface area contributed by atoms with Gasteiger partial charge in [0.2, 0.25) is 11.7 Å². The minimum Gasteiger partial charge on any atom is -0.337 e. The molecule has 4 heteroatoms. The van der Waals surface area contributed by atoms with Crippen molar-refractivity contribution in [1.29, 1.82) is 0 Å². The fourth-order valence-corrected chi connectivity index (χ4v) is 1.29. The van der Waals surface area contributed by atoms with Crippen LogP contribution >= 0.6 is 0 Å². The molecule has 0 bridgehead atoms. The Morgan fingerprint density at radius 1 is 1.19 bits per heavy atom. The Labute approximate surface area is 94.7 Å². The predicted molar refractivity (Wildman–Crippen MR) is 61.8 cm³/mol. The van der Waals surface area contributed by atoms with Crippen LogP contribution in [0, 0.1) is 0 Å². The molecule has 1 N–H and O–H groups in total. The highest BCUT2D eigenvalue weighted by Gasteiger charge is 2.25. The number of hydrogen-bond acceptors (Lipinski definition) is 4. The lowest BCUT2D eigenvalue weighted by molar-refractivity contribution is 0.281. The standard InChI is InChI=1S/C12H15N3O/c1-12(2,13-3)11-14-10(15-16-11)9-7-5-4-6-8-9/h4-8,13H,1-3H3. The first-order chi connectivity index (χ1) is 7.63. The summed E-state index contributed by atoms with van der Waals surface area (Å²) in [5.41, 5.74) is 0.657. The second-order valence-electron chi connectivity index (χ2n) is 4.16. The molecule has 1 heterocycles. The van der Waals surface area contributed by atoms with Gasteiger partial charge in [0.05, 0.1) is 5.54 Å². The van der Waals surface area contributed by atoms with Crippen LogP contribution in [0.4, 0.5) is 0 Å². The van der Waals surface area contributed by atoms with Crippen LogP contribution in [0.25, 0.3) is 11.4 Å². The molecular weight excluding hydrogens is 202 g/mol. The molecular formula is C12H15N3O. The van der Waals surface area contributed by atoms with Crippen molar-refractivity contribution < 1.29 is 4.52 Å². The van der Waals surface area contributed by atoms with E-state index in [0.717, 1.165) is 5.56 Å². The monoisotopic (exact) mass is 217 g/mol. The lowest BCUT2D eigenvalue weighted by Crippen LogP contribution is -2.33. The molecule has 0 saturated carbocycles. The van der Waals surface area contributed by atoms with Gasteiger partial charge in [-0.1, -0.05) is 35.5 Å². The average molecular weight is 217 g/mol. The summed E-state index contributed by atoms with van der Waals surface area (Å²) in [4.78, 5) is 4.38. The van der Waals surface area contributed by atoms with E-state index in [9.17, 15) is 0 Å². The molecule has 1 aromatic carbocycles. The predicted octanol–water partition coefficient (Wildman–Crippen LogP) is 2.19. The summed E-state index contributed by atoms with van der Waals surface area (Å²) in [5, 5.41) is 7.10. The molecule has 16 heavy (non-hydrogen) atoms. The van der Waals surface area contributed by atoms with Crippen molar-refractivity contribution in [1.82, 2.24) is 15.5 Å². The highest BCUT2D eigenvalue weighted by Crippen LogP contribution is 2.21. The Morgan fingerprint density at radius 3 is 2.50 bits per heavy atom. The highest BCUT2D eigenvalue weighted by atomic mass is 16.5. The molecule has 2 rings (SSSR count). The maximum Gasteiger partial charge on any atom is 0.246 e. The van der Waals surface area contributed by atoms with Gasteiger partial charge in [0.15, 0.2) is 0 Å². The minimum absolute atomic E-state index is 0.306. The van der Waals surface area contributed by atoms with Gasteiger partial charge in [-0.05, 0) is 20.9 Å². The molecule has 0 atom stereocenters. The van der Waals surface area contributed by atoms with E-state index in [1.165, 1.54) is 0 Å². The lowest BCUT2D eigenvalue weighted by Gasteiger charge is -2.17. The van der Waals surface area contributed by atoms with Crippen LogP contribution in [-0.4, -0.2) is 17.2 Å². The SMILES string of the molecule is CNC(C)(C)c1nc(-c2ccccc2)no1. The van der Waals surface area contributed by atoms with Gasteiger partial charge in [-0.3, -0.25) is 0 Å². The van der Waals surface area contributed by atoms with Crippen LogP contribution in [0.1, 0.15) is 19.7 Å². The van der Waals surface area contributed by atoms with Crippen LogP contribution in [0.3, 0.4) is 0 Å². The van der Waals surface area contributed by atoms with Gasteiger partial charge in [-0.15, -0.1) is 0 Å². The van der Waals surface area contributed by atoms with Crippen molar-refractivity contribution in [3.05, 3.63) is 36.2 Å². The summed E-state index contributed by atoms with van der Waals surface area (Å²) in [6.07, 6.45) is 0. The third-order valence-corrected chi connectivity index (χ3v) is 2.62. The number of nitrogens with zero attached hydrogens (tertiary/aromatic N) is 2. The topological polar surface area (TPSA) is 51.0 Å². The van der Waals surface area contributed by atoms with Gasteiger partial charge in [-0.25, -0.2) is 0 Å². The normalized spacial score (nSPS) is 11.7. The molecule has 0 aliphatic heterocycles. The molecule has 0 spiro atoms. The first-order valence-electron chi connectivity index (χ1n) is 5.22. The van der Waals surface area contributed by atoms with E-state index in [2.05, 4.69) is 15.5 Å². The number of benzene rings is 1. The van der Waals surface area contributed by atoms with Crippen molar-refractivity contribution in [3.63, 3.8) is 0 Å². The number of hydrogen-bond donors (Lipinski definition) is 1. The van der Waals surface area contributed by atoms with Crippen LogP contribution in [0.15, 0.2) is 34.9 Å². The van der Waals surface area contributed by atoms with Crippen molar-refractivity contribution in [2.45, 2.75) is 19.4 Å². The second-order valence-corrected chi connectivity index (χ2v) is 4.16. The fraction of sp³-hybridized carbons (Fsp3) is 0.333. The van der Waals surface area contributed by atoms with Crippen LogP contribution < -0.4 is 5.32 Å². The van der Waals surface area contributed by atoms with Crippen molar-refractivity contribution in [2.75, 3.05) is 7.05 Å². The van der Waals surface area contributed by atoms with Gasteiger partial charge in [0.25, 0.3) is 0 Å². The third kappa shape index (κ3) is 1.97. The van der Waals surface area contributed by atoms with E-state index in [1.54, 1.807) is 0 Å². The average Bonchev–Trinajstić information content (AvgIpc) is 2.80. The molecule has 4 nitrogen and oxygen atoms in total. The quantitative estimate of drug-likeness (QED) is 0.856. The van der Waals surface area contributed by atoms with Gasteiger partial charge in [0, 0.05) is 5.56 Å². The summed E-state index contributed by atoms with van der Waals surface area (Å²) in [6.45, 7) is 3.99. The Kier molecular flexibility index (Phi) is 2.75. The Balaban J connectivity index is 2.34. The van der Waals surface area contributed by atoms with E-state index in [-0.39, 0.29) is 5.54 Å². The van der Waals surface area contributed by atoms with Gasteiger partial charge in [0.1, 0.15) is 0 Å². The van der Waals surface area contributed by atoms with Crippen molar-refractivity contribution in [3.8, 4) is 11.4 Å². The molecule has 1 aromatic heterocycles. The molecule has 2 aromatic rings. The Hall–Kier alpha value is -1.68. The van der Waals surface area contributed by atoms with E-state index >= 15 is 0 Å². The van der Waals surface area contributed by atoms with E-state index in [1.807, 2.05) is 51.2 Å². The molecule has 0 fully saturated rings. The van der Waals surface area contributed by atoms with Gasteiger partial charge < -0.3 is 9.84 Å². The lowest BCUT2D eigenvalue weighted by atomic mass is 10.1. The summed E-state index contributed by atoms with van der Waals surface area (Å²) in [6, 6.07) is 9.78. The zero-order valence-corrected chi connectivity index (χ0v) is 9.69. The maximum atomic E-state index is 5.25. The van der Waals surface area contributed by atoms with Crippen molar-refractivity contribution >= 4 is 0 Å². The van der Waals surface area contributed by atoms with E-state index < -0.39 is 0 Å². The summed E-state index contributed by atoms with van der Waals surface area (Å²) >= 11 is 0. The van der Waals surface area contributed by atoms with Crippen LogP contribution in [0.2, 0.25) is 0 Å². The number of aromatic nitrogens is 2. The van der Waals surface area contributed by atoms with E-state index in [0.29, 0.717) is 11.7 Å². The third-order valence-electron chi connectivity index (χ3n) is 2.62. The molecule has 0 aliphatic rings. The van der Waals surface area contributed by atoms with E-state index in [4.69, 9.17) is 4.52 Å². The first kappa shape index (κ1) is 10.8. The molecule has 0 amide bonds. The highest BCUT2D eigenvalue weighted by molar-refractivity contribution is 5.53. The molecule has 0 radical (unpaired) electrons. The van der Waals surface area contributed by atoms with Gasteiger partial charge >= 0.3 is 0 Å². The zero-order chi connectivity index (χ0) is 11.6. The Bertz CT molecular complexity index is 462. The van der Waals surface area contributed by atoms with Gasteiger partial charge in [-0.2, -0.15) is 4.98 Å². The van der Waals surface area contributed by atoms with Crippen LogP contribution in [-0.2, 0) is 5.54 Å². The molecule has 84 valence electrons. The summed E-state index contributed by atoms with van der Waals surface area (Å²) in [5.74, 6) is 1.22. The minimum atomic E-state index is -0.306. The second kappa shape index (κ2) is 4.06. The number of rotatable bonds is 3. The first-order valence-corrected chi connectivity index (χ1v) is 5.22. The maximum absolute atomic E-state index is 5.25. The zero-order valence-electron chi connectivity index (χ0n) is 9.69. The largest absolute Gasteiger partial charge is 0.337 e. The fourth-order valence-electron chi connectivity index (χ4n) is 1.29.